The van der Waals surface area contributed by atoms with Gasteiger partial charge in [0, 0.05) is 17.1 Å². The first-order chi connectivity index (χ1) is 8.57. The largest absolute Gasteiger partial charge is 0.377 e. The molecule has 3 N–H and O–H groups in total. The molecule has 0 aromatic heterocycles. The van der Waals surface area contributed by atoms with Crippen LogP contribution in [0.15, 0.2) is 0 Å². The van der Waals surface area contributed by atoms with Crippen molar-refractivity contribution in [1.29, 1.82) is 0 Å². The molecule has 2 rings (SSSR count). The molecule has 2 aliphatic rings. The molecule has 4 unspecified atom stereocenters. The van der Waals surface area contributed by atoms with Gasteiger partial charge in [-0.05, 0) is 39.2 Å². The minimum atomic E-state index is -0.463. The molecule has 0 radical (unpaired) electrons. The van der Waals surface area contributed by atoms with Gasteiger partial charge in [0.15, 0.2) is 0 Å². The maximum absolute atomic E-state index is 11.7. The van der Waals surface area contributed by atoms with E-state index in [0.29, 0.717) is 16.6 Å². The summed E-state index contributed by atoms with van der Waals surface area (Å²) in [4.78, 5) is 11.7. The molecular weight excluding hydrogens is 248 g/mol. The zero-order valence-electron chi connectivity index (χ0n) is 11.3. The number of amides is 1. The lowest BCUT2D eigenvalue weighted by atomic mass is 9.97. The second-order valence-electron chi connectivity index (χ2n) is 5.38. The molecule has 1 saturated heterocycles. The number of thioether (sulfide) groups is 1. The Bertz CT molecular complexity index is 313. The molecular formula is C13H24N2O2S. The van der Waals surface area contributed by atoms with Crippen LogP contribution in [0.5, 0.6) is 0 Å². The van der Waals surface area contributed by atoms with E-state index in [1.54, 1.807) is 0 Å². The quantitative estimate of drug-likeness (QED) is 0.791. The monoisotopic (exact) mass is 272 g/mol. The summed E-state index contributed by atoms with van der Waals surface area (Å²) in [5, 5.41) is 4.42. The number of nitrogens with two attached hydrogens (primary N) is 1. The number of rotatable bonds is 5. The summed E-state index contributed by atoms with van der Waals surface area (Å²) < 4.78 is 5.59. The Hall–Kier alpha value is -0.260. The van der Waals surface area contributed by atoms with Gasteiger partial charge in [-0.1, -0.05) is 6.92 Å². The molecule has 0 spiro atoms. The highest BCUT2D eigenvalue weighted by Gasteiger charge is 2.44. The zero-order valence-corrected chi connectivity index (χ0v) is 12.1. The SMILES string of the molecule is CCNC1(C(N)=O)CCC(SC2CCOC2C)C1. The van der Waals surface area contributed by atoms with Crippen LogP contribution in [0.3, 0.4) is 0 Å². The first kappa shape index (κ1) is 14.2. The van der Waals surface area contributed by atoms with Crippen molar-refractivity contribution in [3.63, 3.8) is 0 Å². The summed E-state index contributed by atoms with van der Waals surface area (Å²) in [5.41, 5.74) is 5.12. The Kier molecular flexibility index (Phi) is 4.56. The molecule has 1 saturated carbocycles. The van der Waals surface area contributed by atoms with Crippen LogP contribution in [0.4, 0.5) is 0 Å². The third-order valence-corrected chi connectivity index (χ3v) is 5.89. The molecule has 18 heavy (non-hydrogen) atoms. The number of likely N-dealkylation sites (N-methyl/N-ethyl adjacent to an activating group) is 1. The van der Waals surface area contributed by atoms with Crippen LogP contribution < -0.4 is 11.1 Å². The molecule has 0 bridgehead atoms. The van der Waals surface area contributed by atoms with Gasteiger partial charge in [0.1, 0.15) is 0 Å². The molecule has 4 atom stereocenters. The Balaban J connectivity index is 1.92. The fourth-order valence-corrected chi connectivity index (χ4v) is 4.73. The second-order valence-corrected chi connectivity index (χ2v) is 6.92. The van der Waals surface area contributed by atoms with E-state index in [0.717, 1.165) is 38.8 Å². The van der Waals surface area contributed by atoms with Crippen LogP contribution in [0.1, 0.15) is 39.5 Å². The van der Waals surface area contributed by atoms with Gasteiger partial charge < -0.3 is 15.8 Å². The zero-order chi connectivity index (χ0) is 13.2. The molecule has 1 aliphatic carbocycles. The highest BCUT2D eigenvalue weighted by atomic mass is 32.2. The summed E-state index contributed by atoms with van der Waals surface area (Å²) in [6.07, 6.45) is 4.29. The molecule has 0 aromatic carbocycles. The van der Waals surface area contributed by atoms with Gasteiger partial charge in [0.25, 0.3) is 0 Å². The van der Waals surface area contributed by atoms with Gasteiger partial charge in [-0.2, -0.15) is 11.8 Å². The molecule has 0 aromatic rings. The third-order valence-electron chi connectivity index (χ3n) is 4.13. The fourth-order valence-electron chi connectivity index (χ4n) is 3.06. The van der Waals surface area contributed by atoms with Crippen molar-refractivity contribution in [2.45, 2.75) is 61.7 Å². The average molecular weight is 272 g/mol. The molecule has 1 amide bonds. The van der Waals surface area contributed by atoms with E-state index in [1.807, 2.05) is 18.7 Å². The Morgan fingerprint density at radius 1 is 1.56 bits per heavy atom. The molecule has 4 nitrogen and oxygen atoms in total. The van der Waals surface area contributed by atoms with E-state index in [9.17, 15) is 4.79 Å². The second kappa shape index (κ2) is 5.80. The van der Waals surface area contributed by atoms with E-state index in [4.69, 9.17) is 10.5 Å². The molecule has 1 aliphatic heterocycles. The maximum Gasteiger partial charge on any atom is 0.237 e. The minimum absolute atomic E-state index is 0.192. The van der Waals surface area contributed by atoms with Gasteiger partial charge in [0.05, 0.1) is 11.6 Å². The first-order valence-corrected chi connectivity index (χ1v) is 7.83. The van der Waals surface area contributed by atoms with Crippen molar-refractivity contribution in [2.24, 2.45) is 5.73 Å². The van der Waals surface area contributed by atoms with Crippen LogP contribution in [-0.4, -0.2) is 41.2 Å². The van der Waals surface area contributed by atoms with Crippen molar-refractivity contribution in [3.8, 4) is 0 Å². The summed E-state index contributed by atoms with van der Waals surface area (Å²) in [5.74, 6) is -0.192. The van der Waals surface area contributed by atoms with Gasteiger partial charge in [0.2, 0.25) is 5.91 Å². The number of carbonyl (C=O) groups excluding carboxylic acids is 1. The summed E-state index contributed by atoms with van der Waals surface area (Å²) in [6, 6.07) is 0. The van der Waals surface area contributed by atoms with Gasteiger partial charge in [-0.15, -0.1) is 0 Å². The molecule has 104 valence electrons. The van der Waals surface area contributed by atoms with E-state index < -0.39 is 5.54 Å². The highest BCUT2D eigenvalue weighted by Crippen LogP contribution is 2.41. The van der Waals surface area contributed by atoms with Crippen LogP contribution in [0.2, 0.25) is 0 Å². The predicted octanol–water partition coefficient (Wildman–Crippen LogP) is 1.28. The number of primary amides is 1. The van der Waals surface area contributed by atoms with Crippen molar-refractivity contribution in [3.05, 3.63) is 0 Å². The average Bonchev–Trinajstić information content (AvgIpc) is 2.89. The molecule has 1 heterocycles. The Morgan fingerprint density at radius 3 is 2.89 bits per heavy atom. The maximum atomic E-state index is 11.7. The van der Waals surface area contributed by atoms with Gasteiger partial charge in [-0.3, -0.25) is 4.79 Å². The summed E-state index contributed by atoms with van der Waals surface area (Å²) >= 11 is 2.00. The van der Waals surface area contributed by atoms with Gasteiger partial charge in [-0.25, -0.2) is 0 Å². The predicted molar refractivity (Wildman–Crippen MR) is 74.7 cm³/mol. The fraction of sp³-hybridized carbons (Fsp3) is 0.923. The Labute approximate surface area is 113 Å². The number of hydrogen-bond acceptors (Lipinski definition) is 4. The van der Waals surface area contributed by atoms with Crippen LogP contribution in [0.25, 0.3) is 0 Å². The lowest BCUT2D eigenvalue weighted by Gasteiger charge is -2.27. The normalized spacial score (nSPS) is 40.2. The van der Waals surface area contributed by atoms with Gasteiger partial charge >= 0.3 is 0 Å². The number of carbonyl (C=O) groups is 1. The number of hydrogen-bond donors (Lipinski definition) is 2. The Morgan fingerprint density at radius 2 is 2.33 bits per heavy atom. The lowest BCUT2D eigenvalue weighted by Crippen LogP contribution is -2.53. The van der Waals surface area contributed by atoms with E-state index in [-0.39, 0.29) is 5.91 Å². The highest BCUT2D eigenvalue weighted by molar-refractivity contribution is 8.00. The summed E-state index contributed by atoms with van der Waals surface area (Å²) in [6.45, 7) is 5.84. The van der Waals surface area contributed by atoms with Crippen molar-refractivity contribution in [1.82, 2.24) is 5.32 Å². The van der Waals surface area contributed by atoms with Crippen molar-refractivity contribution >= 4 is 17.7 Å². The standard InChI is InChI=1S/C13H24N2O2S/c1-3-15-13(12(14)16)6-4-10(8-13)18-11-5-7-17-9(11)2/h9-11,15H,3-8H2,1-2H3,(H2,14,16). The van der Waals surface area contributed by atoms with Crippen LogP contribution >= 0.6 is 11.8 Å². The third kappa shape index (κ3) is 2.83. The number of ether oxygens (including phenoxy) is 1. The smallest absolute Gasteiger partial charge is 0.237 e. The van der Waals surface area contributed by atoms with E-state index in [1.165, 1.54) is 0 Å². The lowest BCUT2D eigenvalue weighted by molar-refractivity contribution is -0.124. The van der Waals surface area contributed by atoms with E-state index in [2.05, 4.69) is 12.2 Å². The van der Waals surface area contributed by atoms with Crippen molar-refractivity contribution in [2.75, 3.05) is 13.2 Å². The minimum Gasteiger partial charge on any atom is -0.377 e. The van der Waals surface area contributed by atoms with Crippen molar-refractivity contribution < 1.29 is 9.53 Å². The molecule has 5 heteroatoms. The van der Waals surface area contributed by atoms with Crippen LogP contribution in [0, 0.1) is 0 Å². The first-order valence-electron chi connectivity index (χ1n) is 6.89. The van der Waals surface area contributed by atoms with E-state index >= 15 is 0 Å². The molecule has 2 fully saturated rings. The number of nitrogens with one attached hydrogen (secondary N) is 1. The van der Waals surface area contributed by atoms with Crippen LogP contribution in [-0.2, 0) is 9.53 Å². The summed E-state index contributed by atoms with van der Waals surface area (Å²) in [7, 11) is 0. The topological polar surface area (TPSA) is 64.3 Å².